The second-order valence-corrected chi connectivity index (χ2v) is 5.52. The van der Waals surface area contributed by atoms with E-state index in [0.717, 1.165) is 16.3 Å². The van der Waals surface area contributed by atoms with Crippen molar-refractivity contribution in [3.8, 4) is 0 Å². The fourth-order valence-electron chi connectivity index (χ4n) is 1.93. The van der Waals surface area contributed by atoms with Gasteiger partial charge in [0.1, 0.15) is 0 Å². The SMILES string of the molecule is Nc1ccc(SCCn2nc3ccccn3c2=O)cc1. The quantitative estimate of drug-likeness (QED) is 0.587. The number of aryl methyl sites for hydroxylation is 1. The van der Waals surface area contributed by atoms with Crippen LogP contribution in [0.5, 0.6) is 0 Å². The summed E-state index contributed by atoms with van der Waals surface area (Å²) in [6.45, 7) is 0.579. The highest BCUT2D eigenvalue weighted by Gasteiger charge is 2.05. The van der Waals surface area contributed by atoms with Gasteiger partial charge >= 0.3 is 5.69 Å². The van der Waals surface area contributed by atoms with Crippen LogP contribution < -0.4 is 11.4 Å². The number of hydrogen-bond donors (Lipinski definition) is 1. The summed E-state index contributed by atoms with van der Waals surface area (Å²) in [6, 6.07) is 13.2. The first kappa shape index (κ1) is 12.8. The van der Waals surface area contributed by atoms with Gasteiger partial charge in [-0.05, 0) is 36.4 Å². The zero-order valence-corrected chi connectivity index (χ0v) is 11.6. The van der Waals surface area contributed by atoms with Gasteiger partial charge in [0, 0.05) is 22.5 Å². The molecular weight excluding hydrogens is 272 g/mol. The number of aromatic nitrogens is 3. The topological polar surface area (TPSA) is 65.3 Å². The summed E-state index contributed by atoms with van der Waals surface area (Å²) in [4.78, 5) is 13.2. The molecule has 2 N–H and O–H groups in total. The van der Waals surface area contributed by atoms with E-state index in [1.165, 1.54) is 4.68 Å². The Labute approximate surface area is 120 Å². The summed E-state index contributed by atoms with van der Waals surface area (Å²) in [6.07, 6.45) is 1.73. The molecule has 0 spiro atoms. The maximum atomic E-state index is 12.1. The predicted octanol–water partition coefficient (Wildman–Crippen LogP) is 1.87. The molecule has 0 aliphatic rings. The second kappa shape index (κ2) is 5.42. The molecular formula is C14H14N4OS. The molecule has 0 aliphatic heterocycles. The van der Waals surface area contributed by atoms with Gasteiger partial charge in [-0.15, -0.1) is 16.9 Å². The Balaban J connectivity index is 1.69. The fourth-order valence-corrected chi connectivity index (χ4v) is 2.76. The van der Waals surface area contributed by atoms with Crippen molar-refractivity contribution in [2.45, 2.75) is 11.4 Å². The molecule has 2 heterocycles. The number of nitrogens with zero attached hydrogens (tertiary/aromatic N) is 3. The number of fused-ring (bicyclic) bond motifs is 1. The van der Waals surface area contributed by atoms with E-state index in [0.29, 0.717) is 12.2 Å². The lowest BCUT2D eigenvalue weighted by atomic mass is 10.3. The highest BCUT2D eigenvalue weighted by molar-refractivity contribution is 7.99. The minimum Gasteiger partial charge on any atom is -0.399 e. The van der Waals surface area contributed by atoms with Crippen LogP contribution in [0.3, 0.4) is 0 Å². The van der Waals surface area contributed by atoms with E-state index >= 15 is 0 Å². The average molecular weight is 286 g/mol. The van der Waals surface area contributed by atoms with E-state index in [9.17, 15) is 4.79 Å². The van der Waals surface area contributed by atoms with E-state index in [1.807, 2.05) is 42.5 Å². The van der Waals surface area contributed by atoms with Crippen molar-refractivity contribution in [2.24, 2.45) is 0 Å². The Morgan fingerprint density at radius 2 is 1.95 bits per heavy atom. The molecule has 6 heteroatoms. The predicted molar refractivity (Wildman–Crippen MR) is 81.0 cm³/mol. The Hall–Kier alpha value is -2.21. The van der Waals surface area contributed by atoms with Crippen LogP contribution in [-0.4, -0.2) is 19.9 Å². The third-order valence-electron chi connectivity index (χ3n) is 2.94. The van der Waals surface area contributed by atoms with Crippen LogP contribution >= 0.6 is 11.8 Å². The normalized spacial score (nSPS) is 11.0. The third-order valence-corrected chi connectivity index (χ3v) is 3.93. The van der Waals surface area contributed by atoms with Crippen LogP contribution in [0.15, 0.2) is 58.4 Å². The minimum absolute atomic E-state index is 0.0986. The minimum atomic E-state index is -0.0986. The van der Waals surface area contributed by atoms with E-state index in [-0.39, 0.29) is 5.69 Å². The number of thioether (sulfide) groups is 1. The van der Waals surface area contributed by atoms with Crippen molar-refractivity contribution in [3.05, 3.63) is 59.1 Å². The number of benzene rings is 1. The molecule has 0 bridgehead atoms. The molecule has 5 nitrogen and oxygen atoms in total. The van der Waals surface area contributed by atoms with Crippen LogP contribution in [0.2, 0.25) is 0 Å². The van der Waals surface area contributed by atoms with Crippen LogP contribution in [-0.2, 0) is 6.54 Å². The maximum Gasteiger partial charge on any atom is 0.350 e. The highest BCUT2D eigenvalue weighted by Crippen LogP contribution is 2.19. The number of nitrogens with two attached hydrogens (primary N) is 1. The molecule has 20 heavy (non-hydrogen) atoms. The summed E-state index contributed by atoms with van der Waals surface area (Å²) in [5, 5.41) is 4.29. The molecule has 0 amide bonds. The molecule has 0 unspecified atom stereocenters. The van der Waals surface area contributed by atoms with Crippen molar-refractivity contribution >= 4 is 23.1 Å². The van der Waals surface area contributed by atoms with E-state index in [1.54, 1.807) is 22.4 Å². The zero-order valence-electron chi connectivity index (χ0n) is 10.8. The van der Waals surface area contributed by atoms with Crippen LogP contribution in [0.4, 0.5) is 5.69 Å². The lowest BCUT2D eigenvalue weighted by Crippen LogP contribution is -2.21. The smallest absolute Gasteiger partial charge is 0.350 e. The second-order valence-electron chi connectivity index (χ2n) is 4.35. The third kappa shape index (κ3) is 2.55. The number of pyridine rings is 1. The van der Waals surface area contributed by atoms with Crippen molar-refractivity contribution in [1.29, 1.82) is 0 Å². The van der Waals surface area contributed by atoms with Crippen LogP contribution in [0.25, 0.3) is 5.65 Å². The van der Waals surface area contributed by atoms with Crippen molar-refractivity contribution in [1.82, 2.24) is 14.2 Å². The van der Waals surface area contributed by atoms with Gasteiger partial charge in [0.25, 0.3) is 0 Å². The largest absolute Gasteiger partial charge is 0.399 e. The van der Waals surface area contributed by atoms with Crippen molar-refractivity contribution in [2.75, 3.05) is 11.5 Å². The van der Waals surface area contributed by atoms with E-state index in [4.69, 9.17) is 5.73 Å². The van der Waals surface area contributed by atoms with Crippen LogP contribution in [0.1, 0.15) is 0 Å². The van der Waals surface area contributed by atoms with Gasteiger partial charge < -0.3 is 5.73 Å². The van der Waals surface area contributed by atoms with E-state index < -0.39 is 0 Å². The van der Waals surface area contributed by atoms with E-state index in [2.05, 4.69) is 5.10 Å². The lowest BCUT2D eigenvalue weighted by Gasteiger charge is -2.01. The monoisotopic (exact) mass is 286 g/mol. The zero-order chi connectivity index (χ0) is 13.9. The van der Waals surface area contributed by atoms with Gasteiger partial charge in [0.15, 0.2) is 5.65 Å². The Kier molecular flexibility index (Phi) is 3.47. The molecule has 0 aliphatic carbocycles. The summed E-state index contributed by atoms with van der Waals surface area (Å²) in [5.74, 6) is 0.785. The standard InChI is InChI=1S/C14H14N4OS/c15-11-4-6-12(7-5-11)20-10-9-18-14(19)17-8-2-1-3-13(17)16-18/h1-8H,9-10,15H2. The van der Waals surface area contributed by atoms with Crippen molar-refractivity contribution < 1.29 is 0 Å². The molecule has 3 aromatic rings. The van der Waals surface area contributed by atoms with Gasteiger partial charge in [0.2, 0.25) is 0 Å². The van der Waals surface area contributed by atoms with Gasteiger partial charge in [-0.25, -0.2) is 9.48 Å². The first-order valence-corrected chi connectivity index (χ1v) is 7.25. The Morgan fingerprint density at radius 1 is 1.15 bits per heavy atom. The first-order valence-electron chi connectivity index (χ1n) is 6.26. The number of hydrogen-bond acceptors (Lipinski definition) is 4. The first-order chi connectivity index (χ1) is 9.74. The van der Waals surface area contributed by atoms with Gasteiger partial charge in [-0.3, -0.25) is 4.40 Å². The number of rotatable bonds is 4. The molecule has 1 aromatic carbocycles. The van der Waals surface area contributed by atoms with Crippen LogP contribution in [0, 0.1) is 0 Å². The summed E-state index contributed by atoms with van der Waals surface area (Å²) >= 11 is 1.68. The maximum absolute atomic E-state index is 12.1. The molecule has 0 saturated carbocycles. The molecule has 0 atom stereocenters. The Morgan fingerprint density at radius 3 is 2.70 bits per heavy atom. The summed E-state index contributed by atoms with van der Waals surface area (Å²) in [7, 11) is 0. The van der Waals surface area contributed by atoms with Crippen molar-refractivity contribution in [3.63, 3.8) is 0 Å². The van der Waals surface area contributed by atoms with Gasteiger partial charge in [-0.1, -0.05) is 6.07 Å². The molecule has 0 saturated heterocycles. The van der Waals surface area contributed by atoms with Gasteiger partial charge in [-0.2, -0.15) is 0 Å². The summed E-state index contributed by atoms with van der Waals surface area (Å²) < 4.78 is 3.05. The highest BCUT2D eigenvalue weighted by atomic mass is 32.2. The molecule has 102 valence electrons. The Bertz CT molecular complexity index is 776. The molecule has 3 rings (SSSR count). The molecule has 0 fully saturated rings. The number of anilines is 1. The van der Waals surface area contributed by atoms with Gasteiger partial charge in [0.05, 0.1) is 6.54 Å². The lowest BCUT2D eigenvalue weighted by molar-refractivity contribution is 0.640. The summed E-state index contributed by atoms with van der Waals surface area (Å²) in [5.41, 5.74) is 6.97. The number of nitrogen functional groups attached to an aromatic ring is 1. The fraction of sp³-hybridized carbons (Fsp3) is 0.143. The molecule has 2 aromatic heterocycles. The molecule has 0 radical (unpaired) electrons. The average Bonchev–Trinajstić information content (AvgIpc) is 2.78.